The van der Waals surface area contributed by atoms with E-state index in [-0.39, 0.29) is 12.5 Å². The highest BCUT2D eigenvalue weighted by Gasteiger charge is 2.19. The van der Waals surface area contributed by atoms with Crippen LogP contribution in [0.2, 0.25) is 0 Å². The van der Waals surface area contributed by atoms with Gasteiger partial charge < -0.3 is 10.0 Å². The highest BCUT2D eigenvalue weighted by molar-refractivity contribution is 5.88. The van der Waals surface area contributed by atoms with Gasteiger partial charge in [-0.05, 0) is 26.2 Å². The number of carboxylic acid groups (broad SMARTS) is 1. The molecule has 0 rings (SSSR count). The minimum absolute atomic E-state index is 0.0937. The Hall–Kier alpha value is -1.32. The van der Waals surface area contributed by atoms with Crippen molar-refractivity contribution in [1.82, 2.24) is 4.90 Å². The molecule has 1 unspecified atom stereocenters. The van der Waals surface area contributed by atoms with Crippen LogP contribution in [0.3, 0.4) is 0 Å². The van der Waals surface area contributed by atoms with Gasteiger partial charge in [-0.3, -0.25) is 9.59 Å². The van der Waals surface area contributed by atoms with Gasteiger partial charge in [0.1, 0.15) is 0 Å². The molecular formula is C14H25NO3. The maximum absolute atomic E-state index is 12.0. The van der Waals surface area contributed by atoms with Crippen molar-refractivity contribution in [2.24, 2.45) is 11.8 Å². The second-order valence-electron chi connectivity index (χ2n) is 5.43. The van der Waals surface area contributed by atoms with Crippen LogP contribution in [0.5, 0.6) is 0 Å². The fourth-order valence-electron chi connectivity index (χ4n) is 1.45. The average molecular weight is 255 g/mol. The Balaban J connectivity index is 4.66. The zero-order chi connectivity index (χ0) is 14.3. The molecule has 1 atom stereocenters. The van der Waals surface area contributed by atoms with E-state index >= 15 is 0 Å². The first-order chi connectivity index (χ1) is 8.23. The molecule has 104 valence electrons. The first-order valence-electron chi connectivity index (χ1n) is 6.40. The third kappa shape index (κ3) is 7.09. The molecule has 0 saturated carbocycles. The van der Waals surface area contributed by atoms with Gasteiger partial charge in [-0.15, -0.1) is 0 Å². The highest BCUT2D eigenvalue weighted by Crippen LogP contribution is 2.08. The van der Waals surface area contributed by atoms with Crippen LogP contribution in [0.4, 0.5) is 0 Å². The summed E-state index contributed by atoms with van der Waals surface area (Å²) >= 11 is 0. The summed E-state index contributed by atoms with van der Waals surface area (Å²) < 4.78 is 0. The fourth-order valence-corrected chi connectivity index (χ4v) is 1.45. The van der Waals surface area contributed by atoms with E-state index in [1.165, 1.54) is 0 Å². The van der Waals surface area contributed by atoms with Crippen molar-refractivity contribution in [2.45, 2.75) is 41.0 Å². The summed E-state index contributed by atoms with van der Waals surface area (Å²) in [7, 11) is 0. The quantitative estimate of drug-likeness (QED) is 0.711. The van der Waals surface area contributed by atoms with Gasteiger partial charge in [-0.2, -0.15) is 0 Å². The van der Waals surface area contributed by atoms with E-state index in [0.29, 0.717) is 12.5 Å². The number of aliphatic carboxylic acids is 1. The topological polar surface area (TPSA) is 57.6 Å². The molecule has 0 fully saturated rings. The van der Waals surface area contributed by atoms with Crippen LogP contribution in [0, 0.1) is 11.8 Å². The SMILES string of the molecule is CC(C)=CC(=O)N(CCC(C)C)CC(C)C(=O)O. The summed E-state index contributed by atoms with van der Waals surface area (Å²) in [6, 6.07) is 0. The molecule has 0 aromatic carbocycles. The van der Waals surface area contributed by atoms with Crippen LogP contribution in [0.15, 0.2) is 11.6 Å². The Morgan fingerprint density at radius 2 is 1.78 bits per heavy atom. The average Bonchev–Trinajstić information content (AvgIpc) is 2.21. The molecule has 0 aliphatic carbocycles. The minimum atomic E-state index is -0.866. The van der Waals surface area contributed by atoms with Gasteiger partial charge in [-0.1, -0.05) is 26.3 Å². The maximum atomic E-state index is 12.0. The standard InChI is InChI=1S/C14H25NO3/c1-10(2)6-7-15(9-12(5)14(17)18)13(16)8-11(3)4/h8,10,12H,6-7,9H2,1-5H3,(H,17,18). The van der Waals surface area contributed by atoms with E-state index in [0.717, 1.165) is 12.0 Å². The fraction of sp³-hybridized carbons (Fsp3) is 0.714. The van der Waals surface area contributed by atoms with Gasteiger partial charge in [-0.25, -0.2) is 0 Å². The van der Waals surface area contributed by atoms with Gasteiger partial charge in [0, 0.05) is 19.2 Å². The Labute approximate surface area is 110 Å². The summed E-state index contributed by atoms with van der Waals surface area (Å²) in [5.74, 6) is -1.00. The van der Waals surface area contributed by atoms with Crippen molar-refractivity contribution in [2.75, 3.05) is 13.1 Å². The number of carboxylic acids is 1. The number of rotatable bonds is 7. The molecule has 4 nitrogen and oxygen atoms in total. The Morgan fingerprint density at radius 1 is 1.22 bits per heavy atom. The first-order valence-corrected chi connectivity index (χ1v) is 6.40. The lowest BCUT2D eigenvalue weighted by atomic mass is 10.1. The number of amides is 1. The van der Waals surface area contributed by atoms with Gasteiger partial charge in [0.2, 0.25) is 5.91 Å². The summed E-state index contributed by atoms with van der Waals surface area (Å²) in [6.07, 6.45) is 2.45. The molecule has 0 bridgehead atoms. The summed E-state index contributed by atoms with van der Waals surface area (Å²) in [4.78, 5) is 24.5. The van der Waals surface area contributed by atoms with Gasteiger partial charge in [0.25, 0.3) is 0 Å². The minimum Gasteiger partial charge on any atom is -0.481 e. The first kappa shape index (κ1) is 16.7. The number of allylic oxidation sites excluding steroid dienone is 1. The number of carbonyl (C=O) groups excluding carboxylic acids is 1. The third-order valence-corrected chi connectivity index (χ3v) is 2.62. The Kier molecular flexibility index (Phi) is 7.32. The largest absolute Gasteiger partial charge is 0.481 e. The van der Waals surface area contributed by atoms with Crippen LogP contribution < -0.4 is 0 Å². The molecule has 0 aliphatic rings. The molecule has 1 N–H and O–H groups in total. The number of hydrogen-bond donors (Lipinski definition) is 1. The van der Waals surface area contributed by atoms with E-state index in [9.17, 15) is 9.59 Å². The molecule has 4 heteroatoms. The second kappa shape index (κ2) is 7.90. The predicted octanol–water partition coefficient (Wildman–Crippen LogP) is 2.55. The van der Waals surface area contributed by atoms with E-state index in [2.05, 4.69) is 13.8 Å². The normalized spacial score (nSPS) is 12.1. The van der Waals surface area contributed by atoms with Gasteiger partial charge in [0.05, 0.1) is 5.92 Å². The molecule has 0 radical (unpaired) electrons. The molecule has 0 aromatic rings. The van der Waals surface area contributed by atoms with Crippen LogP contribution >= 0.6 is 0 Å². The Bertz CT molecular complexity index is 317. The Morgan fingerprint density at radius 3 is 2.17 bits per heavy atom. The van der Waals surface area contributed by atoms with Crippen molar-refractivity contribution in [3.63, 3.8) is 0 Å². The van der Waals surface area contributed by atoms with Crippen LogP contribution in [0.25, 0.3) is 0 Å². The molecule has 0 saturated heterocycles. The molecule has 0 aliphatic heterocycles. The highest BCUT2D eigenvalue weighted by atomic mass is 16.4. The molecule has 0 heterocycles. The number of hydrogen-bond acceptors (Lipinski definition) is 2. The molecule has 1 amide bonds. The summed E-state index contributed by atoms with van der Waals surface area (Å²) in [6.45, 7) is 10.4. The lowest BCUT2D eigenvalue weighted by molar-refractivity contribution is -0.142. The zero-order valence-corrected chi connectivity index (χ0v) is 12.1. The van der Waals surface area contributed by atoms with Gasteiger partial charge >= 0.3 is 5.97 Å². The molecule has 18 heavy (non-hydrogen) atoms. The van der Waals surface area contributed by atoms with E-state index < -0.39 is 11.9 Å². The zero-order valence-electron chi connectivity index (χ0n) is 12.1. The van der Waals surface area contributed by atoms with E-state index in [1.807, 2.05) is 13.8 Å². The molecule has 0 spiro atoms. The van der Waals surface area contributed by atoms with E-state index in [1.54, 1.807) is 17.9 Å². The lowest BCUT2D eigenvalue weighted by Gasteiger charge is -2.24. The van der Waals surface area contributed by atoms with Crippen molar-refractivity contribution >= 4 is 11.9 Å². The van der Waals surface area contributed by atoms with Crippen LogP contribution in [-0.2, 0) is 9.59 Å². The second-order valence-corrected chi connectivity index (χ2v) is 5.43. The number of carbonyl (C=O) groups is 2. The summed E-state index contributed by atoms with van der Waals surface area (Å²) in [5.41, 5.74) is 0.928. The van der Waals surface area contributed by atoms with Crippen molar-refractivity contribution in [1.29, 1.82) is 0 Å². The molecular weight excluding hydrogens is 230 g/mol. The smallest absolute Gasteiger partial charge is 0.308 e. The van der Waals surface area contributed by atoms with Crippen molar-refractivity contribution < 1.29 is 14.7 Å². The monoisotopic (exact) mass is 255 g/mol. The van der Waals surface area contributed by atoms with Crippen LogP contribution in [-0.4, -0.2) is 35.0 Å². The third-order valence-electron chi connectivity index (χ3n) is 2.62. The van der Waals surface area contributed by atoms with Crippen LogP contribution in [0.1, 0.15) is 41.0 Å². The maximum Gasteiger partial charge on any atom is 0.308 e. The molecule has 0 aromatic heterocycles. The predicted molar refractivity (Wildman–Crippen MR) is 72.3 cm³/mol. The van der Waals surface area contributed by atoms with Crippen molar-refractivity contribution in [3.05, 3.63) is 11.6 Å². The number of nitrogens with zero attached hydrogens (tertiary/aromatic N) is 1. The van der Waals surface area contributed by atoms with Crippen molar-refractivity contribution in [3.8, 4) is 0 Å². The van der Waals surface area contributed by atoms with E-state index in [4.69, 9.17) is 5.11 Å². The summed E-state index contributed by atoms with van der Waals surface area (Å²) in [5, 5.41) is 8.92. The van der Waals surface area contributed by atoms with Gasteiger partial charge in [0.15, 0.2) is 0 Å². The lowest BCUT2D eigenvalue weighted by Crippen LogP contribution is -2.37.